The molecule has 1 N–H and O–H groups in total. The molecule has 1 amide bonds. The van der Waals surface area contributed by atoms with Gasteiger partial charge in [0.1, 0.15) is 0 Å². The lowest BCUT2D eigenvalue weighted by molar-refractivity contribution is 0.0658. The van der Waals surface area contributed by atoms with Crippen molar-refractivity contribution in [2.24, 2.45) is 0 Å². The second kappa shape index (κ2) is 7.36. The predicted molar refractivity (Wildman–Crippen MR) is 111 cm³/mol. The third kappa shape index (κ3) is 3.18. The summed E-state index contributed by atoms with van der Waals surface area (Å²) in [7, 11) is 0. The van der Waals surface area contributed by atoms with E-state index in [-0.39, 0.29) is 18.0 Å². The lowest BCUT2D eigenvalue weighted by Gasteiger charge is -2.34. The van der Waals surface area contributed by atoms with Crippen molar-refractivity contribution in [3.8, 4) is 11.3 Å². The lowest BCUT2D eigenvalue weighted by Crippen LogP contribution is -2.52. The fourth-order valence-corrected chi connectivity index (χ4v) is 3.87. The summed E-state index contributed by atoms with van der Waals surface area (Å²) in [6.07, 6.45) is 1.78. The van der Waals surface area contributed by atoms with E-state index >= 15 is 0 Å². The molecule has 4 rings (SSSR count). The Morgan fingerprint density at radius 2 is 2.07 bits per heavy atom. The molecule has 1 atom stereocenters. The molecule has 1 aliphatic heterocycles. The Balaban J connectivity index is 1.91. The van der Waals surface area contributed by atoms with E-state index in [9.17, 15) is 4.79 Å². The maximum Gasteiger partial charge on any atom is 0.255 e. The monoisotopic (exact) mass is 377 g/mol. The zero-order valence-electron chi connectivity index (χ0n) is 16.9. The first-order valence-electron chi connectivity index (χ1n) is 9.93. The third-order valence-corrected chi connectivity index (χ3v) is 5.47. The maximum atomic E-state index is 13.5. The van der Waals surface area contributed by atoms with Gasteiger partial charge in [-0.25, -0.2) is 9.67 Å². The molecule has 1 aromatic carbocycles. The fourth-order valence-electron chi connectivity index (χ4n) is 3.87. The van der Waals surface area contributed by atoms with Gasteiger partial charge in [0.05, 0.1) is 22.8 Å². The van der Waals surface area contributed by atoms with Gasteiger partial charge in [0.2, 0.25) is 0 Å². The summed E-state index contributed by atoms with van der Waals surface area (Å²) in [5.41, 5.74) is 4.45. The summed E-state index contributed by atoms with van der Waals surface area (Å²) in [6.45, 7) is 10.7. The number of pyridine rings is 1. The Hall–Kier alpha value is -2.73. The molecular formula is C22H27N5O. The van der Waals surface area contributed by atoms with Gasteiger partial charge in [0.15, 0.2) is 5.65 Å². The van der Waals surface area contributed by atoms with Crippen molar-refractivity contribution in [3.05, 3.63) is 47.7 Å². The number of nitrogens with zero attached hydrogens (tertiary/aromatic N) is 4. The number of nitrogens with one attached hydrogen (secondary N) is 1. The number of aromatic nitrogens is 3. The molecule has 1 saturated heterocycles. The summed E-state index contributed by atoms with van der Waals surface area (Å²) in [5.74, 6) is 0.0551. The largest absolute Gasteiger partial charge is 0.333 e. The van der Waals surface area contributed by atoms with Gasteiger partial charge in [-0.05, 0) is 39.3 Å². The summed E-state index contributed by atoms with van der Waals surface area (Å²) in [4.78, 5) is 20.4. The molecule has 0 spiro atoms. The zero-order chi connectivity index (χ0) is 19.8. The minimum absolute atomic E-state index is 0.0551. The van der Waals surface area contributed by atoms with Gasteiger partial charge in [0.25, 0.3) is 5.91 Å². The van der Waals surface area contributed by atoms with E-state index in [2.05, 4.69) is 50.2 Å². The van der Waals surface area contributed by atoms with Gasteiger partial charge in [-0.2, -0.15) is 5.10 Å². The minimum atomic E-state index is 0.0551. The van der Waals surface area contributed by atoms with Crippen molar-refractivity contribution >= 4 is 16.9 Å². The highest BCUT2D eigenvalue weighted by atomic mass is 16.2. The molecule has 3 heterocycles. The Labute approximate surface area is 165 Å². The molecule has 0 bridgehead atoms. The van der Waals surface area contributed by atoms with Crippen LogP contribution in [0.5, 0.6) is 0 Å². The van der Waals surface area contributed by atoms with Crippen LogP contribution in [0.4, 0.5) is 0 Å². The van der Waals surface area contributed by atoms with Crippen LogP contribution in [0.2, 0.25) is 0 Å². The summed E-state index contributed by atoms with van der Waals surface area (Å²) < 4.78 is 1.90. The molecule has 6 nitrogen and oxygen atoms in total. The highest BCUT2D eigenvalue weighted by Gasteiger charge is 2.27. The normalized spacial score (nSPS) is 17.5. The molecule has 0 radical (unpaired) electrons. The SMILES string of the molecule is Cc1ccccc1-c1cc(C(=O)N2CCNCC2C)c2cnn(C(C)C)c2n1. The van der Waals surface area contributed by atoms with Crippen molar-refractivity contribution in [1.82, 2.24) is 25.0 Å². The Morgan fingerprint density at radius 3 is 2.79 bits per heavy atom. The van der Waals surface area contributed by atoms with Gasteiger partial charge in [-0.3, -0.25) is 4.79 Å². The molecular weight excluding hydrogens is 350 g/mol. The number of hydrogen-bond donors (Lipinski definition) is 1. The fraction of sp³-hybridized carbons (Fsp3) is 0.409. The molecule has 28 heavy (non-hydrogen) atoms. The van der Waals surface area contributed by atoms with Crippen molar-refractivity contribution < 1.29 is 4.79 Å². The van der Waals surface area contributed by atoms with E-state index in [4.69, 9.17) is 4.98 Å². The topological polar surface area (TPSA) is 63.1 Å². The molecule has 146 valence electrons. The molecule has 1 unspecified atom stereocenters. The summed E-state index contributed by atoms with van der Waals surface area (Å²) in [6, 6.07) is 10.4. The number of benzene rings is 1. The van der Waals surface area contributed by atoms with Crippen LogP contribution in [-0.4, -0.2) is 51.2 Å². The molecule has 6 heteroatoms. The van der Waals surface area contributed by atoms with Crippen LogP contribution in [0.3, 0.4) is 0 Å². The Kier molecular flexibility index (Phi) is 4.89. The molecule has 0 aliphatic carbocycles. The van der Waals surface area contributed by atoms with Crippen molar-refractivity contribution in [2.75, 3.05) is 19.6 Å². The highest BCUT2D eigenvalue weighted by molar-refractivity contribution is 6.06. The standard InChI is InChI=1S/C22H27N5O/c1-14(2)27-21-19(13-24-27)18(22(28)26-10-9-23-12-16(26)4)11-20(25-21)17-8-6-5-7-15(17)3/h5-8,11,13-14,16,23H,9-10,12H2,1-4H3. The maximum absolute atomic E-state index is 13.5. The number of carbonyl (C=O) groups is 1. The van der Waals surface area contributed by atoms with Crippen molar-refractivity contribution in [2.45, 2.75) is 39.8 Å². The van der Waals surface area contributed by atoms with Crippen LogP contribution >= 0.6 is 0 Å². The van der Waals surface area contributed by atoms with E-state index < -0.39 is 0 Å². The van der Waals surface area contributed by atoms with Gasteiger partial charge in [0, 0.05) is 37.3 Å². The average molecular weight is 377 g/mol. The average Bonchev–Trinajstić information content (AvgIpc) is 3.12. The Bertz CT molecular complexity index is 1020. The quantitative estimate of drug-likeness (QED) is 0.760. The van der Waals surface area contributed by atoms with Crippen LogP contribution in [-0.2, 0) is 0 Å². The van der Waals surface area contributed by atoms with Crippen LogP contribution in [0.1, 0.15) is 42.7 Å². The van der Waals surface area contributed by atoms with Crippen molar-refractivity contribution in [1.29, 1.82) is 0 Å². The second-order valence-electron chi connectivity index (χ2n) is 7.84. The van der Waals surface area contributed by atoms with E-state index in [1.165, 1.54) is 0 Å². The van der Waals surface area contributed by atoms with Crippen LogP contribution in [0, 0.1) is 6.92 Å². The van der Waals surface area contributed by atoms with Gasteiger partial charge < -0.3 is 10.2 Å². The lowest BCUT2D eigenvalue weighted by atomic mass is 10.0. The smallest absolute Gasteiger partial charge is 0.255 e. The van der Waals surface area contributed by atoms with E-state index in [1.807, 2.05) is 27.8 Å². The Morgan fingerprint density at radius 1 is 1.29 bits per heavy atom. The van der Waals surface area contributed by atoms with Crippen LogP contribution in [0.15, 0.2) is 36.5 Å². The second-order valence-corrected chi connectivity index (χ2v) is 7.84. The van der Waals surface area contributed by atoms with E-state index in [0.717, 1.165) is 40.9 Å². The first-order chi connectivity index (χ1) is 13.5. The van der Waals surface area contributed by atoms with Gasteiger partial charge >= 0.3 is 0 Å². The molecule has 1 fully saturated rings. The molecule has 2 aromatic heterocycles. The van der Waals surface area contributed by atoms with Crippen molar-refractivity contribution in [3.63, 3.8) is 0 Å². The predicted octanol–water partition coefficient (Wildman–Crippen LogP) is 3.42. The van der Waals surface area contributed by atoms with E-state index in [1.54, 1.807) is 6.20 Å². The molecule has 0 saturated carbocycles. The molecule has 3 aromatic rings. The zero-order valence-corrected chi connectivity index (χ0v) is 16.9. The van der Waals surface area contributed by atoms with E-state index in [0.29, 0.717) is 12.1 Å². The van der Waals surface area contributed by atoms with Gasteiger partial charge in [-0.15, -0.1) is 0 Å². The number of hydrogen-bond acceptors (Lipinski definition) is 4. The minimum Gasteiger partial charge on any atom is -0.333 e. The van der Waals surface area contributed by atoms with Gasteiger partial charge in [-0.1, -0.05) is 24.3 Å². The number of carbonyl (C=O) groups excluding carboxylic acids is 1. The number of fused-ring (bicyclic) bond motifs is 1. The number of aryl methyl sites for hydroxylation is 1. The number of rotatable bonds is 3. The number of amides is 1. The van der Waals surface area contributed by atoms with Crippen LogP contribution in [0.25, 0.3) is 22.3 Å². The number of piperazine rings is 1. The molecule has 1 aliphatic rings. The summed E-state index contributed by atoms with van der Waals surface area (Å²) in [5, 5.41) is 8.70. The van der Waals surface area contributed by atoms with Crippen LogP contribution < -0.4 is 5.32 Å². The third-order valence-electron chi connectivity index (χ3n) is 5.47. The highest BCUT2D eigenvalue weighted by Crippen LogP contribution is 2.29. The summed E-state index contributed by atoms with van der Waals surface area (Å²) >= 11 is 0. The first-order valence-corrected chi connectivity index (χ1v) is 9.93. The first kappa shape index (κ1) is 18.6.